The summed E-state index contributed by atoms with van der Waals surface area (Å²) in [6, 6.07) is 12.5. The third-order valence-electron chi connectivity index (χ3n) is 5.89. The minimum Gasteiger partial charge on any atom is -0.444 e. The SMILES string of the molecule is Cc1ccc(C)c(C(C(=O)NCc2ccccc2)N(CCO)C(=O)C(CCC(N)=O)NC(=O)OC(C)(C)C)c1. The maximum Gasteiger partial charge on any atom is 0.408 e. The molecule has 0 bridgehead atoms. The fourth-order valence-electron chi connectivity index (χ4n) is 4.06. The molecule has 10 nitrogen and oxygen atoms in total. The lowest BCUT2D eigenvalue weighted by atomic mass is 9.95. The first-order chi connectivity index (χ1) is 18.3. The Morgan fingerprint density at radius 3 is 2.31 bits per heavy atom. The highest BCUT2D eigenvalue weighted by atomic mass is 16.6. The van der Waals surface area contributed by atoms with Crippen LogP contribution in [0.15, 0.2) is 48.5 Å². The van der Waals surface area contributed by atoms with Crippen LogP contribution in [-0.4, -0.2) is 58.6 Å². The van der Waals surface area contributed by atoms with Gasteiger partial charge in [-0.2, -0.15) is 0 Å². The molecule has 2 aromatic carbocycles. The van der Waals surface area contributed by atoms with E-state index in [1.54, 1.807) is 20.8 Å². The Balaban J connectivity index is 2.49. The average Bonchev–Trinajstić information content (AvgIpc) is 2.86. The lowest BCUT2D eigenvalue weighted by Gasteiger charge is -2.35. The van der Waals surface area contributed by atoms with Crippen LogP contribution in [0.5, 0.6) is 0 Å². The maximum absolute atomic E-state index is 13.9. The number of nitrogens with one attached hydrogen (secondary N) is 2. The molecule has 2 rings (SSSR count). The summed E-state index contributed by atoms with van der Waals surface area (Å²) in [5.74, 6) is -1.77. The Hall–Kier alpha value is -3.92. The standard InChI is InChI=1S/C29H40N4O6/c1-19-11-12-20(2)22(17-19)25(26(36)31-18-21-9-7-6-8-10-21)33(15-16-34)27(37)23(13-14-24(30)35)32-28(38)39-29(3,4)5/h6-12,17,23,25,34H,13-16,18H2,1-5H3,(H2,30,35)(H,31,36)(H,32,38). The largest absolute Gasteiger partial charge is 0.444 e. The highest BCUT2D eigenvalue weighted by molar-refractivity contribution is 5.92. The fraction of sp³-hybridized carbons (Fsp3) is 0.448. The number of alkyl carbamates (subject to hydrolysis) is 1. The highest BCUT2D eigenvalue weighted by Gasteiger charge is 2.36. The molecule has 10 heteroatoms. The molecule has 0 saturated heterocycles. The van der Waals surface area contributed by atoms with Crippen molar-refractivity contribution in [2.45, 2.75) is 71.7 Å². The van der Waals surface area contributed by atoms with Gasteiger partial charge in [-0.1, -0.05) is 54.1 Å². The third kappa shape index (κ3) is 10.0. The van der Waals surface area contributed by atoms with Gasteiger partial charge in [0.2, 0.25) is 17.7 Å². The van der Waals surface area contributed by atoms with Crippen molar-refractivity contribution in [1.29, 1.82) is 0 Å². The molecule has 2 unspecified atom stereocenters. The number of benzene rings is 2. The normalized spacial score (nSPS) is 12.7. The molecule has 0 aliphatic rings. The van der Waals surface area contributed by atoms with Crippen LogP contribution < -0.4 is 16.4 Å². The third-order valence-corrected chi connectivity index (χ3v) is 5.89. The first-order valence-corrected chi connectivity index (χ1v) is 12.9. The first kappa shape index (κ1) is 31.3. The number of aliphatic hydroxyl groups excluding tert-OH is 1. The number of primary amides is 1. The van der Waals surface area contributed by atoms with Gasteiger partial charge in [-0.15, -0.1) is 0 Å². The van der Waals surface area contributed by atoms with E-state index in [0.29, 0.717) is 5.56 Å². The minimum atomic E-state index is -1.23. The number of rotatable bonds is 12. The molecule has 2 atom stereocenters. The van der Waals surface area contributed by atoms with Gasteiger partial charge in [0.1, 0.15) is 17.7 Å². The average molecular weight is 541 g/mol. The topological polar surface area (TPSA) is 151 Å². The minimum absolute atomic E-state index is 0.111. The summed E-state index contributed by atoms with van der Waals surface area (Å²) in [6.45, 7) is 8.34. The van der Waals surface area contributed by atoms with Gasteiger partial charge in [-0.25, -0.2) is 4.79 Å². The van der Waals surface area contributed by atoms with Gasteiger partial charge in [-0.05, 0) is 57.7 Å². The van der Waals surface area contributed by atoms with Crippen LogP contribution in [0.1, 0.15) is 61.9 Å². The monoisotopic (exact) mass is 540 g/mol. The van der Waals surface area contributed by atoms with Crippen molar-refractivity contribution in [1.82, 2.24) is 15.5 Å². The lowest BCUT2D eigenvalue weighted by Crippen LogP contribution is -2.54. The second kappa shape index (κ2) is 14.3. The van der Waals surface area contributed by atoms with Crippen molar-refractivity contribution in [2.75, 3.05) is 13.2 Å². The van der Waals surface area contributed by atoms with E-state index < -0.39 is 48.1 Å². The molecule has 0 spiro atoms. The number of hydrogen-bond donors (Lipinski definition) is 4. The number of hydrogen-bond acceptors (Lipinski definition) is 6. The van der Waals surface area contributed by atoms with Crippen LogP contribution in [0, 0.1) is 13.8 Å². The lowest BCUT2D eigenvalue weighted by molar-refractivity contribution is -0.143. The van der Waals surface area contributed by atoms with Gasteiger partial charge in [0.05, 0.1) is 6.61 Å². The summed E-state index contributed by atoms with van der Waals surface area (Å²) in [7, 11) is 0. The number of aryl methyl sites for hydroxylation is 2. The number of carbonyl (C=O) groups excluding carboxylic acids is 4. The molecule has 0 aromatic heterocycles. The molecule has 2 aromatic rings. The number of aliphatic hydroxyl groups is 1. The summed E-state index contributed by atoms with van der Waals surface area (Å²) in [6.07, 6.45) is -1.15. The van der Waals surface area contributed by atoms with E-state index in [0.717, 1.165) is 16.7 Å². The van der Waals surface area contributed by atoms with E-state index in [4.69, 9.17) is 10.5 Å². The molecule has 0 fully saturated rings. The van der Waals surface area contributed by atoms with Gasteiger partial charge in [0.15, 0.2) is 0 Å². The summed E-state index contributed by atoms with van der Waals surface area (Å²) in [4.78, 5) is 53.0. The molecule has 212 valence electrons. The number of carbonyl (C=O) groups is 4. The van der Waals surface area contributed by atoms with E-state index in [1.165, 1.54) is 4.90 Å². The van der Waals surface area contributed by atoms with E-state index in [-0.39, 0.29) is 25.9 Å². The molecular formula is C29H40N4O6. The molecular weight excluding hydrogens is 500 g/mol. The van der Waals surface area contributed by atoms with Crippen LogP contribution in [0.4, 0.5) is 4.79 Å². The van der Waals surface area contributed by atoms with Gasteiger partial charge >= 0.3 is 6.09 Å². The van der Waals surface area contributed by atoms with Crippen molar-refractivity contribution >= 4 is 23.8 Å². The molecule has 4 amide bonds. The van der Waals surface area contributed by atoms with Crippen molar-refractivity contribution in [3.05, 3.63) is 70.8 Å². The quantitative estimate of drug-likeness (QED) is 0.325. The van der Waals surface area contributed by atoms with E-state index in [9.17, 15) is 24.3 Å². The summed E-state index contributed by atoms with van der Waals surface area (Å²) in [5.41, 5.74) is 7.60. The van der Waals surface area contributed by atoms with Crippen LogP contribution in [0.3, 0.4) is 0 Å². The molecule has 0 heterocycles. The van der Waals surface area contributed by atoms with Gasteiger partial charge in [0, 0.05) is 19.5 Å². The van der Waals surface area contributed by atoms with Crippen molar-refractivity contribution in [3.63, 3.8) is 0 Å². The number of amides is 4. The molecule has 0 saturated carbocycles. The van der Waals surface area contributed by atoms with Gasteiger partial charge in [0.25, 0.3) is 0 Å². The summed E-state index contributed by atoms with van der Waals surface area (Å²) in [5, 5.41) is 15.3. The predicted molar refractivity (Wildman–Crippen MR) is 147 cm³/mol. The van der Waals surface area contributed by atoms with Crippen LogP contribution >= 0.6 is 0 Å². The van der Waals surface area contributed by atoms with Crippen LogP contribution in [0.2, 0.25) is 0 Å². The van der Waals surface area contributed by atoms with Crippen molar-refractivity contribution in [2.24, 2.45) is 5.73 Å². The Bertz CT molecular complexity index is 1150. The smallest absolute Gasteiger partial charge is 0.408 e. The number of nitrogens with zero attached hydrogens (tertiary/aromatic N) is 1. The zero-order valence-corrected chi connectivity index (χ0v) is 23.3. The number of ether oxygens (including phenoxy) is 1. The van der Waals surface area contributed by atoms with E-state index >= 15 is 0 Å². The maximum atomic E-state index is 13.9. The first-order valence-electron chi connectivity index (χ1n) is 12.9. The second-order valence-electron chi connectivity index (χ2n) is 10.4. The predicted octanol–water partition coefficient (Wildman–Crippen LogP) is 2.64. The fourth-order valence-corrected chi connectivity index (χ4v) is 4.06. The molecule has 0 radical (unpaired) electrons. The molecule has 39 heavy (non-hydrogen) atoms. The molecule has 0 aliphatic heterocycles. The zero-order chi connectivity index (χ0) is 29.2. The van der Waals surface area contributed by atoms with Crippen LogP contribution in [-0.2, 0) is 25.7 Å². The molecule has 0 aliphatic carbocycles. The second-order valence-corrected chi connectivity index (χ2v) is 10.4. The summed E-state index contributed by atoms with van der Waals surface area (Å²) >= 11 is 0. The van der Waals surface area contributed by atoms with Gasteiger partial charge < -0.3 is 31.1 Å². The Morgan fingerprint density at radius 1 is 1.05 bits per heavy atom. The van der Waals surface area contributed by atoms with E-state index in [2.05, 4.69) is 10.6 Å². The van der Waals surface area contributed by atoms with Gasteiger partial charge in [-0.3, -0.25) is 14.4 Å². The Labute approximate surface area is 229 Å². The van der Waals surface area contributed by atoms with Crippen LogP contribution in [0.25, 0.3) is 0 Å². The Morgan fingerprint density at radius 2 is 1.72 bits per heavy atom. The number of nitrogens with two attached hydrogens (primary N) is 1. The Kier molecular flexibility index (Phi) is 11.5. The highest BCUT2D eigenvalue weighted by Crippen LogP contribution is 2.27. The van der Waals surface area contributed by atoms with E-state index in [1.807, 2.05) is 62.4 Å². The summed E-state index contributed by atoms with van der Waals surface area (Å²) < 4.78 is 5.31. The zero-order valence-electron chi connectivity index (χ0n) is 23.3. The van der Waals surface area contributed by atoms with Crippen molar-refractivity contribution < 1.29 is 29.0 Å². The molecule has 5 N–H and O–H groups in total. The van der Waals surface area contributed by atoms with Crippen molar-refractivity contribution in [3.8, 4) is 0 Å².